The molecule has 0 unspecified atom stereocenters. The molecule has 2 atom stereocenters. The molecule has 2 aliphatic rings. The van der Waals surface area contributed by atoms with Crippen LogP contribution in [0.5, 0.6) is 0 Å². The van der Waals surface area contributed by atoms with Crippen molar-refractivity contribution in [2.75, 3.05) is 13.1 Å². The summed E-state index contributed by atoms with van der Waals surface area (Å²) in [4.78, 5) is 16.1. The first-order valence-corrected chi connectivity index (χ1v) is 11.7. The molecule has 0 spiro atoms. The lowest BCUT2D eigenvalue weighted by Crippen LogP contribution is -2.14. The number of nitrogens with one attached hydrogen (secondary N) is 4. The fourth-order valence-electron chi connectivity index (χ4n) is 4.82. The van der Waals surface area contributed by atoms with Gasteiger partial charge in [0, 0.05) is 6.54 Å². The molecule has 166 valence electrons. The summed E-state index contributed by atoms with van der Waals surface area (Å²) < 4.78 is 0. The monoisotopic (exact) mass is 436 g/mol. The summed E-state index contributed by atoms with van der Waals surface area (Å²) in [5, 5.41) is 6.94. The van der Waals surface area contributed by atoms with Crippen molar-refractivity contribution in [3.63, 3.8) is 0 Å². The Morgan fingerprint density at radius 3 is 1.73 bits per heavy atom. The van der Waals surface area contributed by atoms with Crippen LogP contribution in [0.1, 0.15) is 43.0 Å². The fraction of sp³-hybridized carbons (Fsp3) is 0.259. The number of aromatic nitrogens is 4. The first-order valence-electron chi connectivity index (χ1n) is 11.7. The third-order valence-corrected chi connectivity index (χ3v) is 6.73. The molecule has 2 aliphatic heterocycles. The Morgan fingerprint density at radius 2 is 1.24 bits per heavy atom. The maximum absolute atomic E-state index is 4.59. The van der Waals surface area contributed by atoms with E-state index in [1.165, 1.54) is 23.1 Å². The molecule has 2 aromatic heterocycles. The third-order valence-electron chi connectivity index (χ3n) is 6.73. The number of benzene rings is 2. The van der Waals surface area contributed by atoms with E-state index in [-0.39, 0.29) is 6.04 Å². The van der Waals surface area contributed by atoms with E-state index in [2.05, 4.69) is 85.7 Å². The van der Waals surface area contributed by atoms with Crippen LogP contribution in [0.4, 0.5) is 0 Å². The van der Waals surface area contributed by atoms with E-state index in [9.17, 15) is 0 Å². The van der Waals surface area contributed by atoms with Crippen LogP contribution < -0.4 is 10.6 Å². The summed E-state index contributed by atoms with van der Waals surface area (Å²) in [6.07, 6.45) is 7.16. The SMILES string of the molecule is C=C1CN[C@H](c2ncc(-c3ccc(-c4ccc(-c5cnc([C@@H]6CCCN6)[nH]5)cc4)cc3)[nH]2)C1. The average Bonchev–Trinajstić information content (AvgIpc) is 3.66. The summed E-state index contributed by atoms with van der Waals surface area (Å²) in [6, 6.07) is 17.9. The molecule has 0 bridgehead atoms. The van der Waals surface area contributed by atoms with Gasteiger partial charge in [0.25, 0.3) is 0 Å². The Labute approximate surface area is 193 Å². The Hall–Kier alpha value is -3.48. The van der Waals surface area contributed by atoms with E-state index in [1.807, 2.05) is 12.4 Å². The van der Waals surface area contributed by atoms with Crippen LogP contribution in [-0.2, 0) is 0 Å². The zero-order valence-corrected chi connectivity index (χ0v) is 18.6. The van der Waals surface area contributed by atoms with E-state index in [0.717, 1.165) is 60.1 Å². The largest absolute Gasteiger partial charge is 0.341 e. The summed E-state index contributed by atoms with van der Waals surface area (Å²) in [7, 11) is 0. The van der Waals surface area contributed by atoms with E-state index in [4.69, 9.17) is 0 Å². The van der Waals surface area contributed by atoms with Gasteiger partial charge in [-0.2, -0.15) is 0 Å². The smallest absolute Gasteiger partial charge is 0.124 e. The lowest BCUT2D eigenvalue weighted by atomic mass is 10.0. The van der Waals surface area contributed by atoms with Gasteiger partial charge in [0.2, 0.25) is 0 Å². The third kappa shape index (κ3) is 4.03. The highest BCUT2D eigenvalue weighted by molar-refractivity contribution is 5.71. The lowest BCUT2D eigenvalue weighted by molar-refractivity contribution is 0.613. The lowest BCUT2D eigenvalue weighted by Gasteiger charge is -2.07. The first kappa shape index (κ1) is 20.1. The van der Waals surface area contributed by atoms with Crippen molar-refractivity contribution in [3.8, 4) is 33.6 Å². The van der Waals surface area contributed by atoms with Crippen LogP contribution in [0.25, 0.3) is 33.6 Å². The van der Waals surface area contributed by atoms with Gasteiger partial charge in [-0.15, -0.1) is 0 Å². The van der Waals surface area contributed by atoms with Crippen molar-refractivity contribution in [1.82, 2.24) is 30.6 Å². The van der Waals surface area contributed by atoms with Gasteiger partial charge in [-0.1, -0.05) is 60.7 Å². The molecule has 4 aromatic rings. The van der Waals surface area contributed by atoms with Gasteiger partial charge in [0.15, 0.2) is 0 Å². The molecule has 4 N–H and O–H groups in total. The maximum atomic E-state index is 4.59. The second-order valence-corrected chi connectivity index (χ2v) is 9.06. The predicted molar refractivity (Wildman–Crippen MR) is 132 cm³/mol. The summed E-state index contributed by atoms with van der Waals surface area (Å²) in [6.45, 7) is 6.00. The van der Waals surface area contributed by atoms with E-state index < -0.39 is 0 Å². The van der Waals surface area contributed by atoms with Gasteiger partial charge >= 0.3 is 0 Å². The Kier molecular flexibility index (Phi) is 5.17. The first-order chi connectivity index (χ1) is 16.2. The molecule has 2 fully saturated rings. The van der Waals surface area contributed by atoms with Gasteiger partial charge in [-0.25, -0.2) is 9.97 Å². The standard InChI is InChI=1S/C27H28N6/c1-17-13-23(29-14-17)27-31-16-25(33-27)21-10-6-19(7-11-21)18-4-8-20(9-5-18)24-15-30-26(32-24)22-3-2-12-28-22/h4-11,15-16,22-23,28-29H,1-3,12-14H2,(H,30,32)(H,31,33)/t22-,23-/m0/s1. The highest BCUT2D eigenvalue weighted by Crippen LogP contribution is 2.29. The quantitative estimate of drug-likeness (QED) is 0.326. The maximum Gasteiger partial charge on any atom is 0.124 e. The summed E-state index contributed by atoms with van der Waals surface area (Å²) in [5.41, 5.74) is 8.01. The molecule has 6 rings (SSSR count). The van der Waals surface area contributed by atoms with Crippen molar-refractivity contribution >= 4 is 0 Å². The predicted octanol–water partition coefficient (Wildman–Crippen LogP) is 5.15. The van der Waals surface area contributed by atoms with Crippen LogP contribution in [0.2, 0.25) is 0 Å². The van der Waals surface area contributed by atoms with Gasteiger partial charge in [-0.3, -0.25) is 0 Å². The molecule has 6 nitrogen and oxygen atoms in total. The number of aromatic amines is 2. The van der Waals surface area contributed by atoms with Crippen molar-refractivity contribution in [2.45, 2.75) is 31.3 Å². The van der Waals surface area contributed by atoms with Crippen molar-refractivity contribution in [1.29, 1.82) is 0 Å². The zero-order valence-electron chi connectivity index (χ0n) is 18.6. The second kappa shape index (κ2) is 8.46. The van der Waals surface area contributed by atoms with E-state index >= 15 is 0 Å². The van der Waals surface area contributed by atoms with Crippen LogP contribution in [0.3, 0.4) is 0 Å². The number of hydrogen-bond acceptors (Lipinski definition) is 4. The number of rotatable bonds is 5. The highest BCUT2D eigenvalue weighted by atomic mass is 15.0. The molecule has 0 amide bonds. The van der Waals surface area contributed by atoms with Crippen molar-refractivity contribution < 1.29 is 0 Å². The molecular formula is C27H28N6. The molecule has 0 saturated carbocycles. The topological polar surface area (TPSA) is 81.4 Å². The average molecular weight is 437 g/mol. The number of nitrogens with zero attached hydrogens (tertiary/aromatic N) is 2. The fourth-order valence-corrected chi connectivity index (χ4v) is 4.82. The molecule has 4 heterocycles. The number of H-pyrrole nitrogens is 2. The molecule has 2 aromatic carbocycles. The van der Waals surface area contributed by atoms with Crippen LogP contribution in [0.15, 0.2) is 73.1 Å². The Morgan fingerprint density at radius 1 is 0.697 bits per heavy atom. The molecular weight excluding hydrogens is 408 g/mol. The number of imidazole rings is 2. The normalized spacial score (nSPS) is 20.5. The van der Waals surface area contributed by atoms with Crippen LogP contribution in [-0.4, -0.2) is 33.0 Å². The number of hydrogen-bond donors (Lipinski definition) is 4. The van der Waals surface area contributed by atoms with Crippen molar-refractivity contribution in [3.05, 3.63) is 84.7 Å². The van der Waals surface area contributed by atoms with Crippen molar-refractivity contribution in [2.24, 2.45) is 0 Å². The van der Waals surface area contributed by atoms with Gasteiger partial charge in [0.1, 0.15) is 11.6 Å². The molecule has 33 heavy (non-hydrogen) atoms. The van der Waals surface area contributed by atoms with Crippen LogP contribution >= 0.6 is 0 Å². The summed E-state index contributed by atoms with van der Waals surface area (Å²) in [5.74, 6) is 2.02. The van der Waals surface area contributed by atoms with Gasteiger partial charge in [-0.05, 0) is 48.1 Å². The minimum absolute atomic E-state index is 0.240. The Bertz CT molecular complexity index is 1260. The van der Waals surface area contributed by atoms with E-state index in [1.54, 1.807) is 0 Å². The summed E-state index contributed by atoms with van der Waals surface area (Å²) >= 11 is 0. The molecule has 2 saturated heterocycles. The van der Waals surface area contributed by atoms with Crippen LogP contribution in [0, 0.1) is 0 Å². The molecule has 0 aliphatic carbocycles. The molecule has 0 radical (unpaired) electrons. The highest BCUT2D eigenvalue weighted by Gasteiger charge is 2.22. The minimum Gasteiger partial charge on any atom is -0.341 e. The minimum atomic E-state index is 0.240. The van der Waals surface area contributed by atoms with Gasteiger partial charge in [0.05, 0.1) is 35.9 Å². The molecule has 6 heteroatoms. The Balaban J connectivity index is 1.16. The van der Waals surface area contributed by atoms with Gasteiger partial charge < -0.3 is 20.6 Å². The second-order valence-electron chi connectivity index (χ2n) is 9.06. The van der Waals surface area contributed by atoms with E-state index in [0.29, 0.717) is 6.04 Å². The zero-order chi connectivity index (χ0) is 22.2.